The Morgan fingerprint density at radius 2 is 2.22 bits per heavy atom. The number of hydrogen-bond acceptors (Lipinski definition) is 3. The van der Waals surface area contributed by atoms with Crippen molar-refractivity contribution in [2.24, 2.45) is 5.92 Å². The summed E-state index contributed by atoms with van der Waals surface area (Å²) < 4.78 is 0. The number of anilines is 2. The molecule has 18 heavy (non-hydrogen) atoms. The van der Waals surface area contributed by atoms with E-state index in [1.54, 1.807) is 19.2 Å². The number of nitrogens with one attached hydrogen (secondary N) is 1. The summed E-state index contributed by atoms with van der Waals surface area (Å²) in [7, 11) is 1.65. The molecule has 1 fully saturated rings. The molecule has 3 N–H and O–H groups in total. The molecular formula is C14H21N3O. The van der Waals surface area contributed by atoms with Gasteiger partial charge in [0.25, 0.3) is 5.91 Å². The Hall–Kier alpha value is -1.71. The van der Waals surface area contributed by atoms with E-state index in [0.717, 1.165) is 24.7 Å². The highest BCUT2D eigenvalue weighted by Gasteiger charge is 2.25. The maximum atomic E-state index is 11.9. The molecule has 0 bridgehead atoms. The summed E-state index contributed by atoms with van der Waals surface area (Å²) in [5, 5.41) is 2.68. The van der Waals surface area contributed by atoms with E-state index < -0.39 is 0 Å². The molecule has 0 saturated heterocycles. The van der Waals surface area contributed by atoms with Crippen molar-refractivity contribution in [2.45, 2.75) is 19.8 Å². The molecule has 1 amide bonds. The van der Waals surface area contributed by atoms with Gasteiger partial charge in [-0.3, -0.25) is 4.79 Å². The molecule has 0 radical (unpaired) electrons. The zero-order valence-electron chi connectivity index (χ0n) is 11.1. The molecule has 0 atom stereocenters. The predicted octanol–water partition coefficient (Wildman–Crippen LogP) is 1.86. The Labute approximate surface area is 108 Å². The summed E-state index contributed by atoms with van der Waals surface area (Å²) in [6.45, 7) is 4.02. The van der Waals surface area contributed by atoms with Crippen LogP contribution in [0.3, 0.4) is 0 Å². The molecule has 0 heterocycles. The van der Waals surface area contributed by atoms with Crippen LogP contribution in [0.15, 0.2) is 18.2 Å². The van der Waals surface area contributed by atoms with E-state index >= 15 is 0 Å². The van der Waals surface area contributed by atoms with Crippen LogP contribution >= 0.6 is 0 Å². The van der Waals surface area contributed by atoms with Crippen molar-refractivity contribution in [3.8, 4) is 0 Å². The molecular weight excluding hydrogens is 226 g/mol. The smallest absolute Gasteiger partial charge is 0.253 e. The SMILES string of the molecule is CCN(CC1CC1)c1cc(N)ccc1C(=O)NC. The van der Waals surface area contributed by atoms with Crippen molar-refractivity contribution in [3.63, 3.8) is 0 Å². The third-order valence-corrected chi connectivity index (χ3v) is 3.39. The first-order valence-electron chi connectivity index (χ1n) is 6.52. The molecule has 1 saturated carbocycles. The minimum atomic E-state index is -0.0563. The van der Waals surface area contributed by atoms with Gasteiger partial charge in [0.15, 0.2) is 0 Å². The first-order valence-corrected chi connectivity index (χ1v) is 6.52. The fraction of sp³-hybridized carbons (Fsp3) is 0.500. The fourth-order valence-electron chi connectivity index (χ4n) is 2.15. The highest BCUT2D eigenvalue weighted by Crippen LogP contribution is 2.33. The number of amides is 1. The molecule has 2 rings (SSSR count). The molecule has 98 valence electrons. The van der Waals surface area contributed by atoms with Crippen LogP contribution in [-0.2, 0) is 0 Å². The van der Waals surface area contributed by atoms with Crippen LogP contribution in [0.5, 0.6) is 0 Å². The number of nitrogens with two attached hydrogens (primary N) is 1. The molecule has 1 aromatic carbocycles. The van der Waals surface area contributed by atoms with Crippen LogP contribution in [0.2, 0.25) is 0 Å². The van der Waals surface area contributed by atoms with Gasteiger partial charge in [-0.05, 0) is 43.9 Å². The van der Waals surface area contributed by atoms with Gasteiger partial charge in [-0.1, -0.05) is 0 Å². The summed E-state index contributed by atoms with van der Waals surface area (Å²) in [6, 6.07) is 5.48. The topological polar surface area (TPSA) is 58.4 Å². The minimum absolute atomic E-state index is 0.0563. The van der Waals surface area contributed by atoms with Crippen molar-refractivity contribution >= 4 is 17.3 Å². The summed E-state index contributed by atoms with van der Waals surface area (Å²) in [6.07, 6.45) is 2.60. The average Bonchev–Trinajstić information content (AvgIpc) is 3.19. The van der Waals surface area contributed by atoms with E-state index in [2.05, 4.69) is 17.1 Å². The number of nitrogen functional groups attached to an aromatic ring is 1. The van der Waals surface area contributed by atoms with Crippen LogP contribution in [0.25, 0.3) is 0 Å². The van der Waals surface area contributed by atoms with Crippen molar-refractivity contribution in [3.05, 3.63) is 23.8 Å². The van der Waals surface area contributed by atoms with E-state index in [0.29, 0.717) is 11.3 Å². The molecule has 4 heteroatoms. The first-order chi connectivity index (χ1) is 8.65. The Bertz CT molecular complexity index is 441. The summed E-state index contributed by atoms with van der Waals surface area (Å²) in [5.41, 5.74) is 8.20. The van der Waals surface area contributed by atoms with Crippen molar-refractivity contribution in [2.75, 3.05) is 30.8 Å². The highest BCUT2D eigenvalue weighted by molar-refractivity contribution is 6.00. The predicted molar refractivity (Wildman–Crippen MR) is 74.9 cm³/mol. The van der Waals surface area contributed by atoms with Gasteiger partial charge in [0.05, 0.1) is 11.3 Å². The lowest BCUT2D eigenvalue weighted by molar-refractivity contribution is 0.0963. The molecule has 0 spiro atoms. The molecule has 4 nitrogen and oxygen atoms in total. The monoisotopic (exact) mass is 247 g/mol. The lowest BCUT2D eigenvalue weighted by atomic mass is 10.1. The van der Waals surface area contributed by atoms with Crippen molar-refractivity contribution in [1.82, 2.24) is 5.32 Å². The average molecular weight is 247 g/mol. The van der Waals surface area contributed by atoms with Gasteiger partial charge in [0.2, 0.25) is 0 Å². The molecule has 1 aromatic rings. The summed E-state index contributed by atoms with van der Waals surface area (Å²) >= 11 is 0. The van der Waals surface area contributed by atoms with Crippen LogP contribution < -0.4 is 16.0 Å². The van der Waals surface area contributed by atoms with Gasteiger partial charge in [-0.15, -0.1) is 0 Å². The van der Waals surface area contributed by atoms with Gasteiger partial charge in [-0.25, -0.2) is 0 Å². The van der Waals surface area contributed by atoms with Gasteiger partial charge >= 0.3 is 0 Å². The standard InChI is InChI=1S/C14H21N3O/c1-3-17(9-10-4-5-10)13-8-11(15)6-7-12(13)14(18)16-2/h6-8,10H,3-5,9,15H2,1-2H3,(H,16,18). The first kappa shape index (κ1) is 12.7. The molecule has 1 aliphatic carbocycles. The zero-order valence-corrected chi connectivity index (χ0v) is 11.1. The van der Waals surface area contributed by atoms with Crippen molar-refractivity contribution in [1.29, 1.82) is 0 Å². The normalized spacial score (nSPS) is 14.3. The second-order valence-electron chi connectivity index (χ2n) is 4.84. The van der Waals surface area contributed by atoms with Gasteiger partial charge in [-0.2, -0.15) is 0 Å². The maximum absolute atomic E-state index is 11.9. The van der Waals surface area contributed by atoms with E-state index in [1.165, 1.54) is 12.8 Å². The number of rotatable bonds is 5. The quantitative estimate of drug-likeness (QED) is 0.781. The van der Waals surface area contributed by atoms with Crippen LogP contribution in [-0.4, -0.2) is 26.0 Å². The Kier molecular flexibility index (Phi) is 3.75. The zero-order chi connectivity index (χ0) is 13.1. The van der Waals surface area contributed by atoms with Crippen LogP contribution in [0.4, 0.5) is 11.4 Å². The molecule has 0 aliphatic heterocycles. The second kappa shape index (κ2) is 5.29. The Balaban J connectivity index is 2.31. The minimum Gasteiger partial charge on any atom is -0.399 e. The summed E-state index contributed by atoms with van der Waals surface area (Å²) in [5.74, 6) is 0.725. The lowest BCUT2D eigenvalue weighted by Gasteiger charge is -2.25. The Morgan fingerprint density at radius 1 is 1.50 bits per heavy atom. The van der Waals surface area contributed by atoms with Gasteiger partial charge in [0.1, 0.15) is 0 Å². The molecule has 0 aromatic heterocycles. The summed E-state index contributed by atoms with van der Waals surface area (Å²) in [4.78, 5) is 14.1. The lowest BCUT2D eigenvalue weighted by Crippen LogP contribution is -2.29. The molecule has 1 aliphatic rings. The highest BCUT2D eigenvalue weighted by atomic mass is 16.1. The van der Waals surface area contributed by atoms with Crippen molar-refractivity contribution < 1.29 is 4.79 Å². The van der Waals surface area contributed by atoms with Crippen LogP contribution in [0.1, 0.15) is 30.1 Å². The van der Waals surface area contributed by atoms with E-state index in [4.69, 9.17) is 5.73 Å². The number of nitrogens with zero attached hydrogens (tertiary/aromatic N) is 1. The number of benzene rings is 1. The second-order valence-corrected chi connectivity index (χ2v) is 4.84. The third-order valence-electron chi connectivity index (χ3n) is 3.39. The van der Waals surface area contributed by atoms with Crippen LogP contribution in [0, 0.1) is 5.92 Å². The largest absolute Gasteiger partial charge is 0.399 e. The van der Waals surface area contributed by atoms with E-state index in [-0.39, 0.29) is 5.91 Å². The number of carbonyl (C=O) groups is 1. The fourth-order valence-corrected chi connectivity index (χ4v) is 2.15. The molecule has 0 unspecified atom stereocenters. The van der Waals surface area contributed by atoms with Gasteiger partial charge < -0.3 is 16.0 Å². The maximum Gasteiger partial charge on any atom is 0.253 e. The van der Waals surface area contributed by atoms with E-state index in [9.17, 15) is 4.79 Å². The number of carbonyl (C=O) groups excluding carboxylic acids is 1. The third kappa shape index (κ3) is 2.75. The Morgan fingerprint density at radius 3 is 2.78 bits per heavy atom. The van der Waals surface area contributed by atoms with Gasteiger partial charge in [0, 0.05) is 25.8 Å². The van der Waals surface area contributed by atoms with E-state index in [1.807, 2.05) is 6.07 Å². The number of hydrogen-bond donors (Lipinski definition) is 2.